The molecule has 8 nitrogen and oxygen atoms in total. The summed E-state index contributed by atoms with van der Waals surface area (Å²) in [6, 6.07) is 11.4. The van der Waals surface area contributed by atoms with Crippen LogP contribution in [0.3, 0.4) is 0 Å². The van der Waals surface area contributed by atoms with Gasteiger partial charge < -0.3 is 14.8 Å². The maximum atomic E-state index is 13.0. The number of nitrogens with one attached hydrogen (secondary N) is 1. The molecule has 1 atom stereocenters. The number of hydrogen-bond donors (Lipinski definition) is 1. The van der Waals surface area contributed by atoms with Gasteiger partial charge in [0, 0.05) is 25.6 Å². The molecule has 0 aliphatic carbocycles. The zero-order valence-corrected chi connectivity index (χ0v) is 19.0. The molecule has 174 valence electrons. The molecule has 0 spiro atoms. The molecular weight excluding hydrogens is 439 g/mol. The average Bonchev–Trinajstić information content (AvgIpc) is 2.77. The molecule has 2 aromatic carbocycles. The van der Waals surface area contributed by atoms with Crippen molar-refractivity contribution in [2.75, 3.05) is 27.3 Å². The van der Waals surface area contributed by atoms with E-state index < -0.39 is 34.3 Å². The predicted molar refractivity (Wildman–Crippen MR) is 116 cm³/mol. The molecule has 0 aliphatic rings. The van der Waals surface area contributed by atoms with E-state index in [1.807, 2.05) is 18.2 Å². The number of nitrogens with zero attached hydrogens (tertiary/aromatic N) is 1. The van der Waals surface area contributed by atoms with Crippen molar-refractivity contribution < 1.29 is 31.9 Å². The monoisotopic (exact) mass is 466 g/mol. The minimum absolute atomic E-state index is 0.0372. The molecule has 0 aliphatic heterocycles. The zero-order valence-electron chi connectivity index (χ0n) is 18.2. The summed E-state index contributed by atoms with van der Waals surface area (Å²) >= 11 is 0. The predicted octanol–water partition coefficient (Wildman–Crippen LogP) is 2.66. The lowest BCUT2D eigenvalue weighted by molar-refractivity contribution is -0.148. The molecule has 32 heavy (non-hydrogen) atoms. The molecule has 10 heteroatoms. The molecule has 2 rings (SSSR count). The fourth-order valence-electron chi connectivity index (χ4n) is 2.96. The van der Waals surface area contributed by atoms with Crippen LogP contribution in [0.4, 0.5) is 4.39 Å². The van der Waals surface area contributed by atoms with Gasteiger partial charge in [0.05, 0.1) is 18.0 Å². The molecule has 0 heterocycles. The van der Waals surface area contributed by atoms with E-state index in [2.05, 4.69) is 5.32 Å². The molecule has 0 aromatic heterocycles. The third-order valence-corrected chi connectivity index (χ3v) is 6.59. The van der Waals surface area contributed by atoms with Crippen LogP contribution < -0.4 is 10.1 Å². The van der Waals surface area contributed by atoms with Gasteiger partial charge in [-0.1, -0.05) is 18.2 Å². The van der Waals surface area contributed by atoms with Crippen LogP contribution >= 0.6 is 0 Å². The van der Waals surface area contributed by atoms with Crippen molar-refractivity contribution in [1.82, 2.24) is 9.62 Å². The van der Waals surface area contributed by atoms with Gasteiger partial charge in [0.15, 0.2) is 6.61 Å². The van der Waals surface area contributed by atoms with Gasteiger partial charge in [0.2, 0.25) is 10.0 Å². The van der Waals surface area contributed by atoms with Gasteiger partial charge in [-0.05, 0) is 43.7 Å². The Morgan fingerprint density at radius 3 is 2.44 bits per heavy atom. The SMILES string of the molecule is COc1ccccc1C(C)NC(=O)COC(=O)CCCN(C)S(=O)(=O)c1ccc(F)cc1. The summed E-state index contributed by atoms with van der Waals surface area (Å²) in [4.78, 5) is 24.0. The number of sulfonamides is 1. The Labute approximate surface area is 187 Å². The number of ether oxygens (including phenoxy) is 2. The van der Waals surface area contributed by atoms with Gasteiger partial charge in [-0.25, -0.2) is 17.1 Å². The Bertz CT molecular complexity index is 1030. The lowest BCUT2D eigenvalue weighted by atomic mass is 10.1. The van der Waals surface area contributed by atoms with Crippen molar-refractivity contribution in [3.63, 3.8) is 0 Å². The fraction of sp³-hybridized carbons (Fsp3) is 0.364. The van der Waals surface area contributed by atoms with Gasteiger partial charge in [-0.2, -0.15) is 0 Å². The number of para-hydroxylation sites is 1. The van der Waals surface area contributed by atoms with Crippen molar-refractivity contribution in [1.29, 1.82) is 0 Å². The number of rotatable bonds is 11. The third-order valence-electron chi connectivity index (χ3n) is 4.72. The molecule has 1 unspecified atom stereocenters. The fourth-order valence-corrected chi connectivity index (χ4v) is 4.17. The minimum Gasteiger partial charge on any atom is -0.496 e. The molecule has 1 N–H and O–H groups in total. The number of amides is 1. The maximum absolute atomic E-state index is 13.0. The molecular formula is C22H27FN2O6S. The van der Waals surface area contributed by atoms with Crippen LogP contribution in [0.5, 0.6) is 5.75 Å². The third kappa shape index (κ3) is 7.03. The van der Waals surface area contributed by atoms with Crippen molar-refractivity contribution in [2.45, 2.75) is 30.7 Å². The second-order valence-electron chi connectivity index (χ2n) is 7.08. The van der Waals surface area contributed by atoms with E-state index in [1.165, 1.54) is 26.3 Å². The highest BCUT2D eigenvalue weighted by Gasteiger charge is 2.21. The molecule has 0 bridgehead atoms. The molecule has 0 saturated carbocycles. The summed E-state index contributed by atoms with van der Waals surface area (Å²) in [5, 5.41) is 2.73. The van der Waals surface area contributed by atoms with E-state index in [9.17, 15) is 22.4 Å². The van der Waals surface area contributed by atoms with E-state index in [-0.39, 0.29) is 30.3 Å². The number of methoxy groups -OCH3 is 1. The Hall–Kier alpha value is -2.98. The average molecular weight is 467 g/mol. The summed E-state index contributed by atoms with van der Waals surface area (Å²) in [5.74, 6) is -0.974. The first-order chi connectivity index (χ1) is 15.1. The summed E-state index contributed by atoms with van der Waals surface area (Å²) in [6.07, 6.45) is 0.146. The molecule has 1 amide bonds. The first-order valence-electron chi connectivity index (χ1n) is 9.95. The number of halogens is 1. The Morgan fingerprint density at radius 1 is 1.12 bits per heavy atom. The Morgan fingerprint density at radius 2 is 1.78 bits per heavy atom. The second kappa shape index (κ2) is 11.6. The number of benzene rings is 2. The summed E-state index contributed by atoms with van der Waals surface area (Å²) in [5.41, 5.74) is 0.792. The van der Waals surface area contributed by atoms with Crippen molar-refractivity contribution in [2.24, 2.45) is 0 Å². The van der Waals surface area contributed by atoms with Gasteiger partial charge in [-0.3, -0.25) is 9.59 Å². The summed E-state index contributed by atoms with van der Waals surface area (Å²) in [6.45, 7) is 1.41. The van der Waals surface area contributed by atoms with E-state index in [0.29, 0.717) is 5.75 Å². The van der Waals surface area contributed by atoms with Crippen molar-refractivity contribution >= 4 is 21.9 Å². The summed E-state index contributed by atoms with van der Waals surface area (Å²) < 4.78 is 49.2. The number of esters is 1. The summed E-state index contributed by atoms with van der Waals surface area (Å²) in [7, 11) is -0.874. The Kier molecular flexibility index (Phi) is 9.15. The maximum Gasteiger partial charge on any atom is 0.306 e. The molecule has 0 saturated heterocycles. The second-order valence-corrected chi connectivity index (χ2v) is 9.12. The van der Waals surface area contributed by atoms with Crippen LogP contribution in [0.1, 0.15) is 31.4 Å². The van der Waals surface area contributed by atoms with Crippen molar-refractivity contribution in [3.8, 4) is 5.75 Å². The van der Waals surface area contributed by atoms with Gasteiger partial charge in [0.1, 0.15) is 11.6 Å². The lowest BCUT2D eigenvalue weighted by Gasteiger charge is -2.18. The van der Waals surface area contributed by atoms with E-state index in [4.69, 9.17) is 9.47 Å². The first-order valence-corrected chi connectivity index (χ1v) is 11.4. The molecule has 0 radical (unpaired) electrons. The smallest absolute Gasteiger partial charge is 0.306 e. The largest absolute Gasteiger partial charge is 0.496 e. The number of carbonyl (C=O) groups is 2. The Balaban J connectivity index is 1.75. The van der Waals surface area contributed by atoms with Crippen molar-refractivity contribution in [3.05, 3.63) is 59.9 Å². The van der Waals surface area contributed by atoms with Gasteiger partial charge in [-0.15, -0.1) is 0 Å². The number of hydrogen-bond acceptors (Lipinski definition) is 6. The van der Waals surface area contributed by atoms with Crippen LogP contribution in [-0.2, 0) is 24.3 Å². The van der Waals surface area contributed by atoms with E-state index >= 15 is 0 Å². The molecule has 2 aromatic rings. The van der Waals surface area contributed by atoms with Gasteiger partial charge >= 0.3 is 5.97 Å². The first kappa shape index (κ1) is 25.3. The lowest BCUT2D eigenvalue weighted by Crippen LogP contribution is -2.31. The standard InChI is InChI=1S/C22H27FN2O6S/c1-16(19-7-4-5-8-20(19)30-3)24-21(26)15-31-22(27)9-6-14-25(2)32(28,29)18-12-10-17(23)11-13-18/h4-5,7-8,10-13,16H,6,9,14-15H2,1-3H3,(H,24,26). The highest BCUT2D eigenvalue weighted by molar-refractivity contribution is 7.89. The highest BCUT2D eigenvalue weighted by Crippen LogP contribution is 2.24. The van der Waals surface area contributed by atoms with Gasteiger partial charge in [0.25, 0.3) is 5.91 Å². The quantitative estimate of drug-likeness (QED) is 0.511. The normalized spacial score (nSPS) is 12.3. The highest BCUT2D eigenvalue weighted by atomic mass is 32.2. The van der Waals surface area contributed by atoms with Crippen LogP contribution in [0, 0.1) is 5.82 Å². The number of carbonyl (C=O) groups excluding carboxylic acids is 2. The zero-order chi connectivity index (χ0) is 23.7. The van der Waals surface area contributed by atoms with E-state index in [1.54, 1.807) is 13.0 Å². The van der Waals surface area contributed by atoms with Crippen LogP contribution in [-0.4, -0.2) is 51.9 Å². The van der Waals surface area contributed by atoms with Crippen LogP contribution in [0.2, 0.25) is 0 Å². The van der Waals surface area contributed by atoms with Crippen LogP contribution in [0.15, 0.2) is 53.4 Å². The minimum atomic E-state index is -3.78. The van der Waals surface area contributed by atoms with E-state index in [0.717, 1.165) is 22.0 Å². The topological polar surface area (TPSA) is 102 Å². The molecule has 0 fully saturated rings. The van der Waals surface area contributed by atoms with Crippen LogP contribution in [0.25, 0.3) is 0 Å².